The third-order valence-corrected chi connectivity index (χ3v) is 15.3. The van der Waals surface area contributed by atoms with E-state index in [2.05, 4.69) is 20.8 Å². The number of carbonyl (C=O) groups excluding carboxylic acids is 5. The summed E-state index contributed by atoms with van der Waals surface area (Å²) >= 11 is 0.544. The van der Waals surface area contributed by atoms with E-state index in [1.165, 1.54) is 31.9 Å². The maximum absolute atomic E-state index is 13.4. The Morgan fingerprint density at radius 3 is 2.39 bits per heavy atom. The maximum atomic E-state index is 13.4. The number of ether oxygens (including phenoxy) is 4. The topological polar surface area (TPSA) is 259 Å². The summed E-state index contributed by atoms with van der Waals surface area (Å²) < 4.78 is 74.1. The zero-order valence-electron chi connectivity index (χ0n) is 34.5. The zero-order chi connectivity index (χ0) is 45.2. The predicted molar refractivity (Wildman–Crippen MR) is 225 cm³/mol. The Hall–Kier alpha value is -5.84. The fourth-order valence-corrected chi connectivity index (χ4v) is 11.2. The SMILES string of the molecule is CCN[C@H]1C[C@H](C)S(=O)(=O)c2sc(S(=O)(=O)NC(=O)CCC(=O)O[C@@H](C)C(=O)O[C@@H](C)C(=O)OCCN(Cc3cccc(OC)c3)C(=O)Nc3ccc(-c4cn[nH]c4)cc3)cc21. The van der Waals surface area contributed by atoms with Crippen molar-refractivity contribution in [3.63, 3.8) is 0 Å². The average Bonchev–Trinajstić information content (AvgIpc) is 3.95. The largest absolute Gasteiger partial charge is 0.497 e. The van der Waals surface area contributed by atoms with E-state index in [1.54, 1.807) is 55.7 Å². The van der Waals surface area contributed by atoms with Gasteiger partial charge in [0.2, 0.25) is 5.91 Å². The van der Waals surface area contributed by atoms with Gasteiger partial charge < -0.3 is 34.5 Å². The first-order chi connectivity index (χ1) is 29.4. The van der Waals surface area contributed by atoms with Gasteiger partial charge in [-0.25, -0.2) is 35.9 Å². The highest BCUT2D eigenvalue weighted by Gasteiger charge is 2.40. The summed E-state index contributed by atoms with van der Waals surface area (Å²) in [6, 6.07) is 14.6. The molecular formula is C40H48N6O13S3. The second kappa shape index (κ2) is 20.8. The second-order valence-electron chi connectivity index (χ2n) is 14.2. The summed E-state index contributed by atoms with van der Waals surface area (Å²) in [5, 5.41) is 11.9. The number of nitrogens with one attached hydrogen (secondary N) is 4. The van der Waals surface area contributed by atoms with Crippen molar-refractivity contribution in [1.29, 1.82) is 0 Å². The molecule has 0 aliphatic carbocycles. The minimum absolute atomic E-state index is 0.0566. The molecule has 2 aromatic carbocycles. The number of methoxy groups -OCH3 is 1. The number of benzene rings is 2. The molecule has 1 aliphatic heterocycles. The third-order valence-electron chi connectivity index (χ3n) is 9.59. The minimum Gasteiger partial charge on any atom is -0.497 e. The molecule has 0 unspecified atom stereocenters. The fourth-order valence-electron chi connectivity index (χ4n) is 6.24. The van der Waals surface area contributed by atoms with E-state index in [4.69, 9.17) is 18.9 Å². The number of fused-ring (bicyclic) bond motifs is 1. The molecular weight excluding hydrogens is 869 g/mol. The average molecular weight is 917 g/mol. The molecule has 62 heavy (non-hydrogen) atoms. The van der Waals surface area contributed by atoms with Crippen molar-refractivity contribution in [2.75, 3.05) is 32.1 Å². The monoisotopic (exact) mass is 916 g/mol. The van der Waals surface area contributed by atoms with Crippen molar-refractivity contribution in [1.82, 2.24) is 25.1 Å². The quantitative estimate of drug-likeness (QED) is 0.0763. The van der Waals surface area contributed by atoms with Crippen LogP contribution in [0.5, 0.6) is 5.75 Å². The second-order valence-corrected chi connectivity index (χ2v) is 19.7. The van der Waals surface area contributed by atoms with E-state index >= 15 is 0 Å². The van der Waals surface area contributed by atoms with E-state index in [0.29, 0.717) is 34.9 Å². The summed E-state index contributed by atoms with van der Waals surface area (Å²) in [6.07, 6.45) is -0.563. The summed E-state index contributed by atoms with van der Waals surface area (Å²) in [7, 11) is -6.75. The number of rotatable bonds is 19. The number of aromatic nitrogens is 2. The number of urea groups is 1. The van der Waals surface area contributed by atoms with Crippen LogP contribution in [0.2, 0.25) is 0 Å². The van der Waals surface area contributed by atoms with Crippen LogP contribution in [-0.2, 0) is 59.8 Å². The van der Waals surface area contributed by atoms with Crippen molar-refractivity contribution < 1.29 is 59.8 Å². The number of sulfone groups is 1. The van der Waals surface area contributed by atoms with Crippen LogP contribution in [0.25, 0.3) is 11.1 Å². The first kappa shape index (κ1) is 47.2. The predicted octanol–water partition coefficient (Wildman–Crippen LogP) is 4.09. The Labute approximate surface area is 362 Å². The van der Waals surface area contributed by atoms with Crippen LogP contribution >= 0.6 is 11.3 Å². The molecule has 0 saturated heterocycles. The summed E-state index contributed by atoms with van der Waals surface area (Å²) in [6.45, 7) is 6.11. The van der Waals surface area contributed by atoms with Crippen molar-refractivity contribution in [3.05, 3.63) is 78.1 Å². The molecule has 19 nitrogen and oxygen atoms in total. The van der Waals surface area contributed by atoms with Crippen molar-refractivity contribution in [2.24, 2.45) is 0 Å². The Morgan fingerprint density at radius 2 is 1.71 bits per heavy atom. The van der Waals surface area contributed by atoms with E-state index < -0.39 is 86.0 Å². The molecule has 334 valence electrons. The molecule has 2 aromatic heterocycles. The van der Waals surface area contributed by atoms with Gasteiger partial charge in [-0.2, -0.15) is 5.10 Å². The van der Waals surface area contributed by atoms with Crippen molar-refractivity contribution in [3.8, 4) is 16.9 Å². The summed E-state index contributed by atoms with van der Waals surface area (Å²) in [4.78, 5) is 65.4. The molecule has 0 saturated carbocycles. The van der Waals surface area contributed by atoms with Gasteiger partial charge in [0, 0.05) is 42.0 Å². The molecule has 3 amide bonds. The Bertz CT molecular complexity index is 2460. The highest BCUT2D eigenvalue weighted by atomic mass is 32.3. The number of hydrogen-bond acceptors (Lipinski definition) is 16. The number of nitrogens with zero attached hydrogens (tertiary/aromatic N) is 2. The first-order valence-electron chi connectivity index (χ1n) is 19.4. The van der Waals surface area contributed by atoms with E-state index in [1.807, 2.05) is 23.8 Å². The first-order valence-corrected chi connectivity index (χ1v) is 23.3. The molecule has 0 spiro atoms. The number of H-pyrrole nitrogens is 1. The van der Waals surface area contributed by atoms with Gasteiger partial charge in [-0.3, -0.25) is 14.7 Å². The number of sulfonamides is 1. The van der Waals surface area contributed by atoms with Gasteiger partial charge in [0.15, 0.2) is 22.0 Å². The van der Waals surface area contributed by atoms with Crippen LogP contribution < -0.4 is 20.1 Å². The molecule has 4 N–H and O–H groups in total. The molecule has 3 heterocycles. The van der Waals surface area contributed by atoms with Gasteiger partial charge in [-0.15, -0.1) is 11.3 Å². The van der Waals surface area contributed by atoms with Crippen LogP contribution in [0.1, 0.15) is 64.1 Å². The summed E-state index contributed by atoms with van der Waals surface area (Å²) in [5.74, 6) is -3.57. The van der Waals surface area contributed by atoms with Crippen LogP contribution in [0.15, 0.2) is 75.4 Å². The molecule has 0 radical (unpaired) electrons. The Morgan fingerprint density at radius 1 is 0.984 bits per heavy atom. The fraction of sp³-hybridized carbons (Fsp3) is 0.400. The smallest absolute Gasteiger partial charge is 0.347 e. The minimum atomic E-state index is -4.49. The van der Waals surface area contributed by atoms with Crippen LogP contribution in [0.4, 0.5) is 10.5 Å². The molecule has 22 heteroatoms. The molecule has 5 rings (SSSR count). The normalized spacial score (nSPS) is 16.5. The molecule has 4 aromatic rings. The Balaban J connectivity index is 1.08. The lowest BCUT2D eigenvalue weighted by Crippen LogP contribution is -2.38. The van der Waals surface area contributed by atoms with Gasteiger partial charge in [-0.1, -0.05) is 31.2 Å². The number of anilines is 1. The standard InChI is InChI=1S/C40H48N6O13S3/c1-6-41-33-18-24(2)61(52,53)39-32(33)20-36(60-39)62(54,55)45-34(47)14-15-35(48)58-26(4)38(50)59-25(3)37(49)57-17-16-46(23-27-8-7-9-31(19-27)56-5)40(51)44-30-12-10-28(11-13-30)29-21-42-43-22-29/h7-13,19-22,24-26,33,41H,6,14-18,23H2,1-5H3,(H,42,43)(H,44,51)(H,45,47)/t24-,25-,26-,33-/m0/s1. The van der Waals surface area contributed by atoms with E-state index in [0.717, 1.165) is 16.7 Å². The zero-order valence-corrected chi connectivity index (χ0v) is 37.0. The highest BCUT2D eigenvalue weighted by molar-refractivity contribution is 7.95. The number of esters is 3. The van der Waals surface area contributed by atoms with Gasteiger partial charge in [0.05, 0.1) is 31.5 Å². The van der Waals surface area contributed by atoms with E-state index in [9.17, 15) is 40.8 Å². The van der Waals surface area contributed by atoms with Gasteiger partial charge in [-0.05, 0) is 75.2 Å². The number of carbonyl (C=O) groups is 5. The lowest BCUT2D eigenvalue weighted by molar-refractivity contribution is -0.177. The lowest BCUT2D eigenvalue weighted by atomic mass is 10.1. The van der Waals surface area contributed by atoms with Gasteiger partial charge in [0.1, 0.15) is 20.8 Å². The van der Waals surface area contributed by atoms with Crippen LogP contribution in [0.3, 0.4) is 0 Å². The lowest BCUT2D eigenvalue weighted by Gasteiger charge is -2.27. The third kappa shape index (κ3) is 12.2. The number of hydrogen-bond donors (Lipinski definition) is 4. The maximum Gasteiger partial charge on any atom is 0.347 e. The van der Waals surface area contributed by atoms with Gasteiger partial charge >= 0.3 is 23.9 Å². The number of amides is 3. The molecule has 4 atom stereocenters. The van der Waals surface area contributed by atoms with Crippen molar-refractivity contribution >= 4 is 66.7 Å². The molecule has 1 aliphatic rings. The molecule has 0 bridgehead atoms. The van der Waals surface area contributed by atoms with E-state index in [-0.39, 0.29) is 34.5 Å². The van der Waals surface area contributed by atoms with Crippen LogP contribution in [-0.4, -0.2) is 106 Å². The number of thiophene rings is 1. The highest BCUT2D eigenvalue weighted by Crippen LogP contribution is 2.42. The van der Waals surface area contributed by atoms with Crippen molar-refractivity contribution in [2.45, 2.75) is 85.4 Å². The number of aromatic amines is 1. The van der Waals surface area contributed by atoms with Gasteiger partial charge in [0.25, 0.3) is 10.0 Å². The Kier molecular flexibility index (Phi) is 15.9. The van der Waals surface area contributed by atoms with Crippen LogP contribution in [0, 0.1) is 0 Å². The molecule has 0 fully saturated rings. The summed E-state index contributed by atoms with van der Waals surface area (Å²) in [5.41, 5.74) is 3.33.